The number of hydrogen-bond acceptors (Lipinski definition) is 28. The van der Waals surface area contributed by atoms with Crippen LogP contribution in [-0.4, -0.2) is 83.9 Å². The maximum absolute atomic E-state index is 14.3. The first-order valence-electron chi connectivity index (χ1n) is 37.8. The number of nitrogens with one attached hydrogen (secondary N) is 6. The molecule has 12 aromatic heterocycles. The van der Waals surface area contributed by atoms with Crippen LogP contribution in [-0.2, 0) is 0 Å². The number of halogens is 2. The molecule has 18 aromatic rings. The van der Waals surface area contributed by atoms with Crippen molar-refractivity contribution in [1.29, 1.82) is 0 Å². The molecule has 12 heterocycles. The second kappa shape index (κ2) is 40.3. The number of rotatable bonds is 20. The highest BCUT2D eigenvalue weighted by atomic mass is 35.5. The summed E-state index contributed by atoms with van der Waals surface area (Å²) >= 11 is 11.0. The average Bonchev–Trinajstić information content (AvgIpc) is 1.65. The maximum Gasteiger partial charge on any atom is 0.229 e. The van der Waals surface area contributed by atoms with Gasteiger partial charge in [0, 0.05) is 219 Å². The molecular weight excluding hydrogens is 1610 g/mol. The summed E-state index contributed by atoms with van der Waals surface area (Å²) in [6.45, 7) is 9.42. The zero-order valence-electron chi connectivity index (χ0n) is 66.3. The number of fused-ring (bicyclic) bond motifs is 2. The fourth-order valence-corrected chi connectivity index (χ4v) is 14.8. The van der Waals surface area contributed by atoms with E-state index in [4.69, 9.17) is 34.5 Å². The van der Waals surface area contributed by atoms with Crippen molar-refractivity contribution in [3.63, 3.8) is 0 Å². The maximum atomic E-state index is 14.3. The van der Waals surface area contributed by atoms with Crippen LogP contribution in [0.2, 0.25) is 5.02 Å². The van der Waals surface area contributed by atoms with Gasteiger partial charge in [-0.2, -0.15) is 24.9 Å². The van der Waals surface area contributed by atoms with Gasteiger partial charge in [0.25, 0.3) is 0 Å². The van der Waals surface area contributed by atoms with Crippen LogP contribution < -0.4 is 54.8 Å². The molecule has 0 unspecified atom stereocenters. The molecule has 0 atom stereocenters. The second-order valence-corrected chi connectivity index (χ2v) is 30.6. The van der Waals surface area contributed by atoms with Crippen molar-refractivity contribution in [2.45, 2.75) is 64.0 Å². The number of nitrogens with zero attached hydrogens (tertiary/aromatic N) is 17. The lowest BCUT2D eigenvalue weighted by molar-refractivity contribution is 0.602. The van der Waals surface area contributed by atoms with E-state index < -0.39 is 0 Å². The molecule has 18 rings (SSSR count). The summed E-state index contributed by atoms with van der Waals surface area (Å²) in [5, 5.41) is 22.3. The van der Waals surface area contributed by atoms with E-state index in [-0.39, 0.29) is 29.6 Å². The van der Waals surface area contributed by atoms with Crippen LogP contribution in [0.25, 0.3) is 33.2 Å². The third kappa shape index (κ3) is 24.0. The van der Waals surface area contributed by atoms with Crippen LogP contribution in [0.4, 0.5) is 97.3 Å². The van der Waals surface area contributed by atoms with Gasteiger partial charge in [-0.15, -0.1) is 0 Å². The van der Waals surface area contributed by atoms with Crippen molar-refractivity contribution >= 4 is 162 Å². The second-order valence-electron chi connectivity index (χ2n) is 26.8. The lowest BCUT2D eigenvalue weighted by Gasteiger charge is -2.11. The lowest BCUT2D eigenvalue weighted by Crippen LogP contribution is -2.02. The molecule has 0 aliphatic carbocycles. The monoisotopic (exact) mass is 1690 g/mol. The number of benzene rings is 6. The summed E-state index contributed by atoms with van der Waals surface area (Å²) < 4.78 is 18.5. The first-order chi connectivity index (χ1) is 59.3. The summed E-state index contributed by atoms with van der Waals surface area (Å²) in [5.74, 6) is 4.51. The SMILES string of the molecule is Cc1cc(Nc2ccc(Sc3ccncc3)c(Cl)c2)nc(N)n1.Cc1cc(Nc2ccc(Sc3ccncc3)c(F)c2)nc(N)n1.Cc1cc(Nc2ccc(Sc3ccncc3)cc2)nc(N)n1.Cc1cc(Nc2ccc3c(ccn3-c3ccncc3)c2)nc(N)n1.Cc1cc(Nc2ccc3c(ccn3-c3ccncc3)c2)nc(Nc2ccccc2)n1. The van der Waals surface area contributed by atoms with E-state index in [0.29, 0.717) is 44.8 Å². The van der Waals surface area contributed by atoms with Crippen LogP contribution in [0.5, 0.6) is 0 Å². The Balaban J connectivity index is 0.000000125. The van der Waals surface area contributed by atoms with Gasteiger partial charge in [-0.05, 0) is 217 Å². The topological polar surface area (TPSA) is 379 Å². The lowest BCUT2D eigenvalue weighted by atomic mass is 10.2. The predicted molar refractivity (Wildman–Crippen MR) is 489 cm³/mol. The van der Waals surface area contributed by atoms with Gasteiger partial charge < -0.3 is 64.0 Å². The molecule has 0 amide bonds. The molecule has 0 spiro atoms. The molecule has 6 aromatic carbocycles. The summed E-state index contributed by atoms with van der Waals surface area (Å²) in [4.78, 5) is 67.9. The number of nitrogen functional groups attached to an aromatic ring is 4. The van der Waals surface area contributed by atoms with Crippen molar-refractivity contribution in [3.8, 4) is 11.4 Å². The van der Waals surface area contributed by atoms with Gasteiger partial charge in [-0.25, -0.2) is 29.3 Å². The van der Waals surface area contributed by atoms with Crippen LogP contribution in [0, 0.1) is 40.4 Å². The minimum atomic E-state index is -0.310. The van der Waals surface area contributed by atoms with E-state index in [1.807, 2.05) is 186 Å². The van der Waals surface area contributed by atoms with Crippen LogP contribution in [0.15, 0.2) is 334 Å². The van der Waals surface area contributed by atoms with Gasteiger partial charge in [-0.3, -0.25) is 24.9 Å². The Morgan fingerprint density at radius 1 is 0.295 bits per heavy atom. The van der Waals surface area contributed by atoms with E-state index in [0.717, 1.165) is 120 Å². The van der Waals surface area contributed by atoms with Crippen LogP contribution in [0.3, 0.4) is 0 Å². The molecular formula is C90H79ClFN27S3. The molecule has 0 aliphatic rings. The Hall–Kier alpha value is -15.2. The summed E-state index contributed by atoms with van der Waals surface area (Å²) in [6.07, 6.45) is 21.8. The van der Waals surface area contributed by atoms with Crippen molar-refractivity contribution in [2.75, 3.05) is 54.8 Å². The molecule has 0 fully saturated rings. The van der Waals surface area contributed by atoms with Crippen LogP contribution >= 0.6 is 46.9 Å². The molecule has 0 aliphatic heterocycles. The van der Waals surface area contributed by atoms with Crippen molar-refractivity contribution in [2.24, 2.45) is 0 Å². The van der Waals surface area contributed by atoms with Crippen LogP contribution in [0.1, 0.15) is 28.5 Å². The van der Waals surface area contributed by atoms with E-state index in [1.165, 1.54) is 17.8 Å². The smallest absolute Gasteiger partial charge is 0.229 e. The molecule has 606 valence electrons. The van der Waals surface area contributed by atoms with E-state index in [2.05, 4.69) is 183 Å². The normalized spacial score (nSPS) is 10.6. The molecule has 32 heteroatoms. The molecule has 27 nitrogen and oxygen atoms in total. The molecule has 0 bridgehead atoms. The highest BCUT2D eigenvalue weighted by Crippen LogP contribution is 2.37. The van der Waals surface area contributed by atoms with Crippen molar-refractivity contribution in [3.05, 3.63) is 344 Å². The molecule has 122 heavy (non-hydrogen) atoms. The quantitative estimate of drug-likeness (QED) is 0.0339. The number of pyridine rings is 5. The van der Waals surface area contributed by atoms with Gasteiger partial charge in [-0.1, -0.05) is 65.1 Å². The minimum absolute atomic E-state index is 0.179. The number of aromatic nitrogens is 17. The molecule has 0 radical (unpaired) electrons. The van der Waals surface area contributed by atoms with Gasteiger partial charge in [0.05, 0.1) is 16.1 Å². The van der Waals surface area contributed by atoms with Gasteiger partial charge >= 0.3 is 0 Å². The van der Waals surface area contributed by atoms with E-state index >= 15 is 0 Å². The largest absolute Gasteiger partial charge is 0.368 e. The Morgan fingerprint density at radius 3 is 1.03 bits per heavy atom. The third-order valence-corrected chi connectivity index (χ3v) is 20.9. The Labute approximate surface area is 719 Å². The highest BCUT2D eigenvalue weighted by molar-refractivity contribution is 8.00. The first-order valence-corrected chi connectivity index (χ1v) is 40.6. The molecule has 0 saturated heterocycles. The Kier molecular flexibility index (Phi) is 27.5. The fourth-order valence-electron chi connectivity index (χ4n) is 12.1. The van der Waals surface area contributed by atoms with Gasteiger partial charge in [0.15, 0.2) is 0 Å². The zero-order chi connectivity index (χ0) is 84.7. The first kappa shape index (κ1) is 83.3. The third-order valence-electron chi connectivity index (χ3n) is 17.4. The number of anilines is 16. The number of hydrogen-bond donors (Lipinski definition) is 10. The Morgan fingerprint density at radius 2 is 0.623 bits per heavy atom. The fraction of sp³-hybridized carbons (Fsp3) is 0.0556. The summed E-state index contributed by atoms with van der Waals surface area (Å²) in [5.41, 5.74) is 36.4. The van der Waals surface area contributed by atoms with Crippen molar-refractivity contribution in [1.82, 2.24) is 83.9 Å². The predicted octanol–water partition coefficient (Wildman–Crippen LogP) is 20.8. The van der Waals surface area contributed by atoms with E-state index in [1.54, 1.807) is 104 Å². The zero-order valence-corrected chi connectivity index (χ0v) is 69.5. The van der Waals surface area contributed by atoms with Gasteiger partial charge in [0.2, 0.25) is 29.7 Å². The standard InChI is InChI=1S/C24H20N6.C18H16N6.C16H14ClN5S.C16H14FN5S.C16H15N5S/c1-17-15-23(29-24(26-17)28-19-5-3-2-4-6-19)27-20-7-8-22-18(16-20)11-14-30(22)21-9-12-25-13-10-21;1-12-10-17(23-18(19)21-12)22-14-2-3-16-13(11-14)6-9-24(16)15-4-7-20-8-5-15;2*1-10-8-15(22-16(18)20-10)21-11-2-3-14(13(17)9-11)23-12-4-6-19-7-5-12;1-11-10-15(21-16(17)19-11)20-12-2-4-13(5-3-12)22-14-6-8-18-9-7-14/h2-16H,1H3,(H2,26,27,28,29);2-11H,1H3,(H3,19,21,22,23);2*2-9H,1H3,(H3,18,20,21,22);2-10H,1H3,(H3,17,19,20,21). The van der Waals surface area contributed by atoms with Crippen molar-refractivity contribution < 1.29 is 4.39 Å². The summed E-state index contributed by atoms with van der Waals surface area (Å²) in [7, 11) is 0. The number of para-hydroxylation sites is 1. The number of aryl methyl sites for hydroxylation is 5. The summed E-state index contributed by atoms with van der Waals surface area (Å²) in [6, 6.07) is 74.1. The highest BCUT2D eigenvalue weighted by Gasteiger charge is 2.14. The van der Waals surface area contributed by atoms with Gasteiger partial charge in [0.1, 0.15) is 34.9 Å². The molecule has 0 saturated carbocycles. The number of nitrogens with two attached hydrogens (primary N) is 4. The average molecular weight is 1690 g/mol. The minimum Gasteiger partial charge on any atom is -0.368 e. The molecule has 14 N–H and O–H groups in total. The van der Waals surface area contributed by atoms with E-state index in [9.17, 15) is 4.39 Å². The Bertz CT molecular complexity index is 6320.